The van der Waals surface area contributed by atoms with Gasteiger partial charge in [-0.15, -0.1) is 0 Å². The first-order valence-corrected chi connectivity index (χ1v) is 5.46. The zero-order chi connectivity index (χ0) is 11.5. The molecule has 88 valence electrons. The molecule has 0 aliphatic carbocycles. The van der Waals surface area contributed by atoms with Crippen LogP contribution in [-0.2, 0) is 0 Å². The van der Waals surface area contributed by atoms with Gasteiger partial charge >= 0.3 is 0 Å². The minimum absolute atomic E-state index is 0.00463. The average molecular weight is 234 g/mol. The quantitative estimate of drug-likeness (QED) is 0.539. The van der Waals surface area contributed by atoms with Crippen molar-refractivity contribution < 1.29 is 0 Å². The SMILES string of the molecule is CCNC1C=C(NC(C)(C)C)NN(Cl)N1. The van der Waals surface area contributed by atoms with Crippen molar-refractivity contribution in [2.45, 2.75) is 39.4 Å². The van der Waals surface area contributed by atoms with Crippen LogP contribution in [0.1, 0.15) is 27.7 Å². The Morgan fingerprint density at radius 2 is 2.20 bits per heavy atom. The van der Waals surface area contributed by atoms with Crippen molar-refractivity contribution in [3.05, 3.63) is 11.9 Å². The number of rotatable bonds is 3. The van der Waals surface area contributed by atoms with Crippen molar-refractivity contribution in [1.29, 1.82) is 0 Å². The van der Waals surface area contributed by atoms with E-state index in [9.17, 15) is 0 Å². The van der Waals surface area contributed by atoms with Crippen LogP contribution in [0, 0.1) is 0 Å². The van der Waals surface area contributed by atoms with E-state index >= 15 is 0 Å². The molecule has 5 nitrogen and oxygen atoms in total. The van der Waals surface area contributed by atoms with Gasteiger partial charge in [0.15, 0.2) is 0 Å². The van der Waals surface area contributed by atoms with Crippen molar-refractivity contribution in [1.82, 2.24) is 26.1 Å². The monoisotopic (exact) mass is 233 g/mol. The molecule has 1 atom stereocenters. The third-order valence-corrected chi connectivity index (χ3v) is 1.92. The maximum absolute atomic E-state index is 5.86. The number of hydrogen-bond acceptors (Lipinski definition) is 5. The number of nitrogens with zero attached hydrogens (tertiary/aromatic N) is 1. The summed E-state index contributed by atoms with van der Waals surface area (Å²) in [5, 5.41) is 6.56. The maximum Gasteiger partial charge on any atom is 0.115 e. The Hall–Kier alpha value is -0.490. The highest BCUT2D eigenvalue weighted by atomic mass is 35.5. The Bertz CT molecular complexity index is 235. The first kappa shape index (κ1) is 12.6. The molecule has 1 aliphatic rings. The molecule has 6 heteroatoms. The fourth-order valence-electron chi connectivity index (χ4n) is 1.30. The van der Waals surface area contributed by atoms with E-state index in [0.29, 0.717) is 0 Å². The van der Waals surface area contributed by atoms with E-state index in [1.165, 1.54) is 4.64 Å². The van der Waals surface area contributed by atoms with E-state index in [1.54, 1.807) is 0 Å². The van der Waals surface area contributed by atoms with E-state index in [0.717, 1.165) is 12.4 Å². The van der Waals surface area contributed by atoms with Gasteiger partial charge in [0.25, 0.3) is 0 Å². The Morgan fingerprint density at radius 1 is 1.53 bits per heavy atom. The fourth-order valence-corrected chi connectivity index (χ4v) is 1.50. The van der Waals surface area contributed by atoms with Crippen molar-refractivity contribution in [3.63, 3.8) is 0 Å². The van der Waals surface area contributed by atoms with Crippen LogP contribution in [-0.4, -0.2) is 22.9 Å². The number of halogens is 1. The van der Waals surface area contributed by atoms with E-state index in [-0.39, 0.29) is 11.7 Å². The summed E-state index contributed by atoms with van der Waals surface area (Å²) in [6.07, 6.45) is 2.06. The molecule has 1 heterocycles. The summed E-state index contributed by atoms with van der Waals surface area (Å²) in [7, 11) is 0. The molecule has 0 amide bonds. The van der Waals surface area contributed by atoms with E-state index in [1.807, 2.05) is 13.0 Å². The zero-order valence-electron chi connectivity index (χ0n) is 9.69. The van der Waals surface area contributed by atoms with Crippen LogP contribution in [0.15, 0.2) is 11.9 Å². The van der Waals surface area contributed by atoms with Crippen LogP contribution >= 0.6 is 11.8 Å². The molecule has 1 aliphatic heterocycles. The summed E-state index contributed by atoms with van der Waals surface area (Å²) >= 11 is 5.86. The van der Waals surface area contributed by atoms with Crippen LogP contribution in [0.3, 0.4) is 0 Å². The molecule has 15 heavy (non-hydrogen) atoms. The first-order chi connectivity index (χ1) is 6.90. The Labute approximate surface area is 96.3 Å². The summed E-state index contributed by atoms with van der Waals surface area (Å²) in [6, 6.07) is 0. The zero-order valence-corrected chi connectivity index (χ0v) is 10.4. The summed E-state index contributed by atoms with van der Waals surface area (Å²) in [5.74, 6) is 0.891. The normalized spacial score (nSPS) is 23.3. The van der Waals surface area contributed by atoms with E-state index in [2.05, 4.69) is 42.3 Å². The van der Waals surface area contributed by atoms with E-state index in [4.69, 9.17) is 11.8 Å². The number of nitrogens with one attached hydrogen (secondary N) is 4. The molecule has 0 fully saturated rings. The van der Waals surface area contributed by atoms with Gasteiger partial charge in [-0.2, -0.15) is 0 Å². The predicted molar refractivity (Wildman–Crippen MR) is 62.4 cm³/mol. The Balaban J connectivity index is 2.61. The molecule has 0 aromatic rings. The highest BCUT2D eigenvalue weighted by Gasteiger charge is 2.19. The topological polar surface area (TPSA) is 51.4 Å². The van der Waals surface area contributed by atoms with Crippen molar-refractivity contribution in [2.75, 3.05) is 6.54 Å². The largest absolute Gasteiger partial charge is 0.366 e. The molecule has 0 saturated carbocycles. The summed E-state index contributed by atoms with van der Waals surface area (Å²) < 4.78 is 1.32. The molecule has 4 N–H and O–H groups in total. The minimum Gasteiger partial charge on any atom is -0.366 e. The smallest absolute Gasteiger partial charge is 0.115 e. The van der Waals surface area contributed by atoms with Crippen molar-refractivity contribution in [2.24, 2.45) is 0 Å². The van der Waals surface area contributed by atoms with Gasteiger partial charge in [0.05, 0.1) is 6.17 Å². The molecule has 0 aromatic heterocycles. The third kappa shape index (κ3) is 4.70. The molecule has 0 saturated heterocycles. The van der Waals surface area contributed by atoms with Gasteiger partial charge in [-0.05, 0) is 33.4 Å². The number of hydrazine groups is 2. The lowest BCUT2D eigenvalue weighted by Gasteiger charge is -2.33. The van der Waals surface area contributed by atoms with Gasteiger partial charge in [0.2, 0.25) is 0 Å². The standard InChI is InChI=1S/C9H20ClN5/c1-5-11-7-6-8(12-9(2,3)4)14-15(10)13-7/h6-7,11-14H,5H2,1-4H3. The molecular weight excluding hydrogens is 214 g/mol. The second-order valence-corrected chi connectivity index (χ2v) is 4.85. The fraction of sp³-hybridized carbons (Fsp3) is 0.778. The molecule has 0 aromatic carbocycles. The van der Waals surface area contributed by atoms with Gasteiger partial charge in [0.1, 0.15) is 5.82 Å². The molecular formula is C9H20ClN5. The number of likely N-dealkylation sites (N-methyl/N-ethyl adjacent to an activating group) is 1. The molecule has 0 bridgehead atoms. The first-order valence-electron chi connectivity index (χ1n) is 5.13. The molecule has 1 unspecified atom stereocenters. The second-order valence-electron chi connectivity index (χ2n) is 4.51. The lowest BCUT2D eigenvalue weighted by Crippen LogP contribution is -2.58. The predicted octanol–water partition coefficient (Wildman–Crippen LogP) is 0.630. The maximum atomic E-state index is 5.86. The van der Waals surface area contributed by atoms with Gasteiger partial charge < -0.3 is 5.32 Å². The van der Waals surface area contributed by atoms with Crippen LogP contribution in [0.4, 0.5) is 0 Å². The summed E-state index contributed by atoms with van der Waals surface area (Å²) in [5.41, 5.74) is 5.96. The van der Waals surface area contributed by atoms with E-state index < -0.39 is 0 Å². The Morgan fingerprint density at radius 3 is 2.73 bits per heavy atom. The van der Waals surface area contributed by atoms with Crippen LogP contribution in [0.25, 0.3) is 0 Å². The lowest BCUT2D eigenvalue weighted by molar-refractivity contribution is 0.199. The summed E-state index contributed by atoms with van der Waals surface area (Å²) in [4.78, 5) is 0. The molecule has 1 rings (SSSR count). The highest BCUT2D eigenvalue weighted by molar-refractivity contribution is 6.12. The Kier molecular flexibility index (Phi) is 4.21. The lowest BCUT2D eigenvalue weighted by atomic mass is 10.1. The van der Waals surface area contributed by atoms with Crippen LogP contribution in [0.2, 0.25) is 0 Å². The average Bonchev–Trinajstić information content (AvgIpc) is 1.99. The minimum atomic E-state index is 0.00463. The van der Waals surface area contributed by atoms with Crippen molar-refractivity contribution in [3.8, 4) is 0 Å². The van der Waals surface area contributed by atoms with Gasteiger partial charge in [-0.25, -0.2) is 5.43 Å². The summed E-state index contributed by atoms with van der Waals surface area (Å²) in [6.45, 7) is 9.21. The number of hydrogen-bond donors (Lipinski definition) is 4. The highest BCUT2D eigenvalue weighted by Crippen LogP contribution is 2.06. The van der Waals surface area contributed by atoms with Gasteiger partial charge in [-0.3, -0.25) is 10.7 Å². The third-order valence-electron chi connectivity index (χ3n) is 1.74. The van der Waals surface area contributed by atoms with Crippen LogP contribution < -0.4 is 21.5 Å². The molecule has 0 radical (unpaired) electrons. The van der Waals surface area contributed by atoms with Crippen molar-refractivity contribution >= 4 is 11.8 Å². The molecule has 0 spiro atoms. The van der Waals surface area contributed by atoms with Gasteiger partial charge in [-0.1, -0.05) is 11.6 Å². The second kappa shape index (κ2) is 5.03. The van der Waals surface area contributed by atoms with Gasteiger partial charge in [0, 0.05) is 17.3 Å². The van der Waals surface area contributed by atoms with Crippen LogP contribution in [0.5, 0.6) is 0 Å².